The minimum absolute atomic E-state index is 0.117. The number of alkyl halides is 3. The Balaban J connectivity index is 1.80. The summed E-state index contributed by atoms with van der Waals surface area (Å²) in [6, 6.07) is 9.36. The lowest BCUT2D eigenvalue weighted by molar-refractivity contribution is -0.137. The summed E-state index contributed by atoms with van der Waals surface area (Å²) >= 11 is 0. The molecule has 1 N–H and O–H groups in total. The first-order valence-electron chi connectivity index (χ1n) is 8.35. The van der Waals surface area contributed by atoms with Gasteiger partial charge in [0.15, 0.2) is 0 Å². The van der Waals surface area contributed by atoms with Gasteiger partial charge in [0.25, 0.3) is 0 Å². The minimum Gasteiger partial charge on any atom is -0.490 e. The van der Waals surface area contributed by atoms with Crippen LogP contribution in [0.5, 0.6) is 17.2 Å². The molecule has 0 spiro atoms. The SMILES string of the molecule is C=CC(=O)N[C@@H]1C[C@H](C)Oc2cc(Oc3ccc(C(F)(F)F)cc3)ccc21. The molecule has 1 heterocycles. The highest BCUT2D eigenvalue weighted by Crippen LogP contribution is 2.38. The van der Waals surface area contributed by atoms with Crippen LogP contribution in [-0.4, -0.2) is 12.0 Å². The predicted molar refractivity (Wildman–Crippen MR) is 93.7 cm³/mol. The molecule has 0 aromatic heterocycles. The zero-order chi connectivity index (χ0) is 19.6. The maximum atomic E-state index is 12.6. The molecule has 1 amide bonds. The number of halogens is 3. The largest absolute Gasteiger partial charge is 0.490 e. The third-order valence-corrected chi connectivity index (χ3v) is 4.18. The summed E-state index contributed by atoms with van der Waals surface area (Å²) in [6.45, 7) is 5.34. The van der Waals surface area contributed by atoms with Crippen LogP contribution in [0, 0.1) is 0 Å². The second-order valence-corrected chi connectivity index (χ2v) is 6.25. The first-order chi connectivity index (χ1) is 12.8. The molecule has 0 saturated heterocycles. The van der Waals surface area contributed by atoms with Crippen LogP contribution < -0.4 is 14.8 Å². The number of fused-ring (bicyclic) bond motifs is 1. The maximum absolute atomic E-state index is 12.6. The Labute approximate surface area is 154 Å². The van der Waals surface area contributed by atoms with Crippen molar-refractivity contribution < 1.29 is 27.4 Å². The maximum Gasteiger partial charge on any atom is 0.416 e. The van der Waals surface area contributed by atoms with Crippen LogP contribution in [0.2, 0.25) is 0 Å². The Hall–Kier alpha value is -2.96. The van der Waals surface area contributed by atoms with Crippen molar-refractivity contribution in [3.05, 3.63) is 66.2 Å². The molecule has 0 radical (unpaired) electrons. The van der Waals surface area contributed by atoms with E-state index in [1.807, 2.05) is 6.92 Å². The molecule has 2 aromatic carbocycles. The summed E-state index contributed by atoms with van der Waals surface area (Å²) in [5.74, 6) is 0.998. The molecule has 0 fully saturated rings. The molecule has 7 heteroatoms. The van der Waals surface area contributed by atoms with Crippen molar-refractivity contribution in [2.45, 2.75) is 31.7 Å². The van der Waals surface area contributed by atoms with E-state index >= 15 is 0 Å². The number of ether oxygens (including phenoxy) is 2. The van der Waals surface area contributed by atoms with Gasteiger partial charge >= 0.3 is 6.18 Å². The molecule has 2 aromatic rings. The molecular weight excluding hydrogens is 359 g/mol. The van der Waals surface area contributed by atoms with E-state index in [1.54, 1.807) is 18.2 Å². The van der Waals surface area contributed by atoms with Crippen molar-refractivity contribution in [1.82, 2.24) is 5.32 Å². The molecule has 1 aliphatic heterocycles. The van der Waals surface area contributed by atoms with E-state index in [4.69, 9.17) is 9.47 Å². The van der Waals surface area contributed by atoms with Crippen molar-refractivity contribution in [2.75, 3.05) is 0 Å². The number of amides is 1. The van der Waals surface area contributed by atoms with Gasteiger partial charge in [-0.3, -0.25) is 4.79 Å². The monoisotopic (exact) mass is 377 g/mol. The highest BCUT2D eigenvalue weighted by Gasteiger charge is 2.30. The fourth-order valence-electron chi connectivity index (χ4n) is 2.91. The second-order valence-electron chi connectivity index (χ2n) is 6.25. The molecular formula is C20H18F3NO3. The summed E-state index contributed by atoms with van der Waals surface area (Å²) in [6.07, 6.45) is -2.68. The van der Waals surface area contributed by atoms with E-state index in [-0.39, 0.29) is 23.8 Å². The van der Waals surface area contributed by atoms with Gasteiger partial charge in [0, 0.05) is 18.1 Å². The second kappa shape index (κ2) is 7.34. The number of nitrogens with one attached hydrogen (secondary N) is 1. The molecule has 27 heavy (non-hydrogen) atoms. The van der Waals surface area contributed by atoms with E-state index in [1.165, 1.54) is 18.2 Å². The fourth-order valence-corrected chi connectivity index (χ4v) is 2.91. The third kappa shape index (κ3) is 4.42. The molecule has 3 rings (SSSR count). The van der Waals surface area contributed by atoms with Crippen LogP contribution >= 0.6 is 0 Å². The van der Waals surface area contributed by atoms with Crippen molar-refractivity contribution in [3.8, 4) is 17.2 Å². The van der Waals surface area contributed by atoms with Crippen LogP contribution in [0.1, 0.15) is 30.5 Å². The van der Waals surface area contributed by atoms with Crippen LogP contribution in [0.3, 0.4) is 0 Å². The van der Waals surface area contributed by atoms with Gasteiger partial charge < -0.3 is 14.8 Å². The Morgan fingerprint density at radius 3 is 2.52 bits per heavy atom. The van der Waals surface area contributed by atoms with E-state index < -0.39 is 11.7 Å². The van der Waals surface area contributed by atoms with Crippen LogP contribution in [0.15, 0.2) is 55.1 Å². The average molecular weight is 377 g/mol. The normalized spacial score (nSPS) is 18.8. The lowest BCUT2D eigenvalue weighted by atomic mass is 9.97. The average Bonchev–Trinajstić information content (AvgIpc) is 2.61. The van der Waals surface area contributed by atoms with Gasteiger partial charge in [-0.05, 0) is 49.4 Å². The van der Waals surface area contributed by atoms with E-state index in [9.17, 15) is 18.0 Å². The summed E-state index contributed by atoms with van der Waals surface area (Å²) in [5, 5.41) is 2.86. The lowest BCUT2D eigenvalue weighted by Gasteiger charge is -2.31. The molecule has 0 saturated carbocycles. The zero-order valence-electron chi connectivity index (χ0n) is 14.5. The Morgan fingerprint density at radius 1 is 1.22 bits per heavy atom. The van der Waals surface area contributed by atoms with Crippen molar-refractivity contribution >= 4 is 5.91 Å². The van der Waals surface area contributed by atoms with E-state index in [0.717, 1.165) is 17.7 Å². The van der Waals surface area contributed by atoms with Gasteiger partial charge in [0.1, 0.15) is 17.2 Å². The van der Waals surface area contributed by atoms with Gasteiger partial charge in [-0.25, -0.2) is 0 Å². The summed E-state index contributed by atoms with van der Waals surface area (Å²) in [7, 11) is 0. The van der Waals surface area contributed by atoms with Gasteiger partial charge in [-0.2, -0.15) is 13.2 Å². The van der Waals surface area contributed by atoms with Crippen molar-refractivity contribution in [3.63, 3.8) is 0 Å². The van der Waals surface area contributed by atoms with Gasteiger partial charge in [0.05, 0.1) is 17.7 Å². The van der Waals surface area contributed by atoms with E-state index in [0.29, 0.717) is 17.9 Å². The Kier molecular flexibility index (Phi) is 5.12. The molecule has 2 atom stereocenters. The molecule has 0 bridgehead atoms. The zero-order valence-corrected chi connectivity index (χ0v) is 14.5. The topological polar surface area (TPSA) is 47.6 Å². The van der Waals surface area contributed by atoms with Crippen LogP contribution in [0.25, 0.3) is 0 Å². The van der Waals surface area contributed by atoms with Gasteiger partial charge in [-0.1, -0.05) is 6.58 Å². The number of carbonyl (C=O) groups is 1. The minimum atomic E-state index is -4.39. The number of carbonyl (C=O) groups excluding carboxylic acids is 1. The molecule has 4 nitrogen and oxygen atoms in total. The molecule has 142 valence electrons. The Bertz CT molecular complexity index is 847. The summed E-state index contributed by atoms with van der Waals surface area (Å²) in [4.78, 5) is 11.6. The van der Waals surface area contributed by atoms with Crippen LogP contribution in [-0.2, 0) is 11.0 Å². The predicted octanol–water partition coefficient (Wildman–Crippen LogP) is 5.01. The van der Waals surface area contributed by atoms with E-state index in [2.05, 4.69) is 11.9 Å². The fraction of sp³-hybridized carbons (Fsp3) is 0.250. The lowest BCUT2D eigenvalue weighted by Crippen LogP contribution is -2.34. The van der Waals surface area contributed by atoms with Crippen molar-refractivity contribution in [1.29, 1.82) is 0 Å². The van der Waals surface area contributed by atoms with Crippen LogP contribution in [0.4, 0.5) is 13.2 Å². The van der Waals surface area contributed by atoms with Gasteiger partial charge in [-0.15, -0.1) is 0 Å². The number of rotatable bonds is 4. The molecule has 1 aliphatic rings. The first-order valence-corrected chi connectivity index (χ1v) is 8.35. The summed E-state index contributed by atoms with van der Waals surface area (Å²) in [5.41, 5.74) is 0.0707. The van der Waals surface area contributed by atoms with Crippen molar-refractivity contribution in [2.24, 2.45) is 0 Å². The molecule has 0 unspecified atom stereocenters. The quantitative estimate of drug-likeness (QED) is 0.762. The number of hydrogen-bond donors (Lipinski definition) is 1. The Morgan fingerprint density at radius 2 is 1.89 bits per heavy atom. The molecule has 0 aliphatic carbocycles. The first kappa shape index (κ1) is 18.8. The highest BCUT2D eigenvalue weighted by molar-refractivity contribution is 5.87. The highest BCUT2D eigenvalue weighted by atomic mass is 19.4. The third-order valence-electron chi connectivity index (χ3n) is 4.18. The number of benzene rings is 2. The van der Waals surface area contributed by atoms with Gasteiger partial charge in [0.2, 0.25) is 5.91 Å². The summed E-state index contributed by atoms with van der Waals surface area (Å²) < 4.78 is 49.3. The smallest absolute Gasteiger partial charge is 0.416 e. The standard InChI is InChI=1S/C20H18F3NO3/c1-3-19(25)24-17-10-12(2)26-18-11-15(8-9-16(17)18)27-14-6-4-13(5-7-14)20(21,22)23/h3-9,11-12,17H,1,10H2,2H3,(H,24,25)/t12-,17+/m0/s1. The number of hydrogen-bond acceptors (Lipinski definition) is 3.